The largest absolute Gasteiger partial charge is 0.472 e. The fraction of sp³-hybridized carbons (Fsp3) is 0.689. The molecule has 0 saturated heterocycles. The molecule has 79 heavy (non-hydrogen) atoms. The lowest BCUT2D eigenvalue weighted by molar-refractivity contribution is -0.161. The van der Waals surface area contributed by atoms with E-state index in [1.807, 2.05) is 0 Å². The van der Waals surface area contributed by atoms with Crippen LogP contribution >= 0.6 is 15.6 Å². The van der Waals surface area contributed by atoms with Crippen molar-refractivity contribution in [3.05, 3.63) is 97.2 Å². The first-order valence-corrected chi connectivity index (χ1v) is 32.5. The number of carbonyl (C=O) groups is 3. The van der Waals surface area contributed by atoms with Crippen LogP contribution in [-0.2, 0) is 55.8 Å². The Morgan fingerprint density at radius 3 is 1.06 bits per heavy atom. The molecule has 0 saturated carbocycles. The molecule has 4 N–H and O–H groups in total. The molecule has 0 rings (SSSR count). The molecule has 0 aliphatic rings. The highest BCUT2D eigenvalue weighted by molar-refractivity contribution is 7.47. The lowest BCUT2D eigenvalue weighted by Crippen LogP contribution is -2.30. The molecule has 0 aromatic rings. The van der Waals surface area contributed by atoms with Crippen molar-refractivity contribution in [3.8, 4) is 0 Å². The summed E-state index contributed by atoms with van der Waals surface area (Å²) in [6.45, 7) is 2.32. The molecule has 0 radical (unpaired) electrons. The fourth-order valence-corrected chi connectivity index (χ4v) is 8.81. The minimum Gasteiger partial charge on any atom is -0.463 e. The van der Waals surface area contributed by atoms with Crippen LogP contribution < -0.4 is 0 Å². The fourth-order valence-electron chi connectivity index (χ4n) is 7.22. The highest BCUT2D eigenvalue weighted by Crippen LogP contribution is 2.45. The number of aliphatic hydroxyl groups is 2. The second kappa shape index (κ2) is 55.0. The number of unbranched alkanes of at least 4 members (excludes halogenated alkanes) is 16. The van der Waals surface area contributed by atoms with E-state index in [0.29, 0.717) is 19.3 Å². The van der Waals surface area contributed by atoms with Gasteiger partial charge in [-0.1, -0.05) is 182 Å². The van der Waals surface area contributed by atoms with Crippen molar-refractivity contribution in [1.29, 1.82) is 0 Å². The van der Waals surface area contributed by atoms with Crippen molar-refractivity contribution >= 4 is 33.6 Å². The molecule has 0 spiro atoms. The molecule has 0 aromatic heterocycles. The van der Waals surface area contributed by atoms with Crippen LogP contribution in [0.3, 0.4) is 0 Å². The zero-order valence-corrected chi connectivity index (χ0v) is 50.3. The number of phosphoric acid groups is 2. The number of phosphoric ester groups is 2. The summed E-state index contributed by atoms with van der Waals surface area (Å²) in [7, 11) is -9.77. The highest BCUT2D eigenvalue weighted by atomic mass is 31.2. The van der Waals surface area contributed by atoms with E-state index in [9.17, 15) is 43.5 Å². The zero-order valence-electron chi connectivity index (χ0n) is 48.5. The van der Waals surface area contributed by atoms with Gasteiger partial charge in [0.05, 0.1) is 26.4 Å². The summed E-state index contributed by atoms with van der Waals surface area (Å²) >= 11 is 0. The summed E-state index contributed by atoms with van der Waals surface area (Å²) in [4.78, 5) is 58.0. The molecule has 16 nitrogen and oxygen atoms in total. The predicted octanol–water partition coefficient (Wildman–Crippen LogP) is 15.2. The van der Waals surface area contributed by atoms with Crippen LogP contribution in [0.5, 0.6) is 0 Å². The van der Waals surface area contributed by atoms with Gasteiger partial charge in [-0.15, -0.1) is 0 Å². The summed E-state index contributed by atoms with van der Waals surface area (Å²) in [6, 6.07) is 0. The maximum atomic E-state index is 12.8. The van der Waals surface area contributed by atoms with Gasteiger partial charge in [-0.2, -0.15) is 0 Å². The molecule has 5 atom stereocenters. The van der Waals surface area contributed by atoms with E-state index < -0.39 is 91.5 Å². The third-order valence-corrected chi connectivity index (χ3v) is 13.6. The molecule has 18 heteroatoms. The normalized spacial score (nSPS) is 15.2. The summed E-state index contributed by atoms with van der Waals surface area (Å²) in [5, 5.41) is 20.4. The molecule has 0 amide bonds. The van der Waals surface area contributed by atoms with Crippen LogP contribution in [0.25, 0.3) is 0 Å². The van der Waals surface area contributed by atoms with Crippen LogP contribution in [0.15, 0.2) is 97.2 Å². The van der Waals surface area contributed by atoms with Crippen molar-refractivity contribution < 1.29 is 75.8 Å². The number of hydrogen-bond acceptors (Lipinski definition) is 14. The van der Waals surface area contributed by atoms with Crippen LogP contribution in [0.1, 0.15) is 213 Å². The Kier molecular flexibility index (Phi) is 52.6. The van der Waals surface area contributed by atoms with Gasteiger partial charge in [0.2, 0.25) is 0 Å². The van der Waals surface area contributed by atoms with Gasteiger partial charge < -0.3 is 34.2 Å². The average Bonchev–Trinajstić information content (AvgIpc) is 3.42. The zero-order chi connectivity index (χ0) is 58.2. The Balaban J connectivity index is 4.71. The molecule has 0 heterocycles. The van der Waals surface area contributed by atoms with Crippen molar-refractivity contribution in [2.45, 2.75) is 232 Å². The van der Waals surface area contributed by atoms with E-state index >= 15 is 0 Å². The van der Waals surface area contributed by atoms with Gasteiger partial charge in [-0.05, 0) is 109 Å². The third-order valence-electron chi connectivity index (χ3n) is 11.7. The molecule has 0 aromatic carbocycles. The summed E-state index contributed by atoms with van der Waals surface area (Å²) in [5.74, 6) is -1.64. The lowest BCUT2D eigenvalue weighted by atomic mass is 10.1. The molecule has 0 bridgehead atoms. The number of allylic oxidation sites excluding steroid dienone is 16. The van der Waals surface area contributed by atoms with E-state index in [-0.39, 0.29) is 19.3 Å². The standard InChI is InChI=1S/C61H104O16P2/c1-4-7-10-13-16-19-22-25-26-27-28-31-33-35-38-41-44-47-59(64)71-50-56(62)51-73-78(67,68)74-52-57(63)53-75-79(69,70)76-55-58(77-61(66)49-46-43-40-37-34-30-24-21-18-15-12-9-6-3)54-72-60(65)48-45-42-39-36-32-29-23-20-17-14-11-8-5-2/h7,10-12,14-16,19-21,23-26,28,31,56-58,62-63H,4-6,8-9,13,17-18,22,27,29-30,32-55H2,1-3H3,(H,67,68)(H,69,70)/b10-7-,14-11-,15-12-,19-16-,23-20-,24-21-,26-25-,31-28-. The quantitative estimate of drug-likeness (QED) is 0.0146. The summed E-state index contributed by atoms with van der Waals surface area (Å²) in [6.07, 6.45) is 56.2. The molecular formula is C61H104O16P2. The first kappa shape index (κ1) is 75.5. The highest BCUT2D eigenvalue weighted by Gasteiger charge is 2.29. The molecule has 0 aliphatic carbocycles. The third kappa shape index (κ3) is 56.1. The van der Waals surface area contributed by atoms with E-state index in [1.54, 1.807) is 0 Å². The Morgan fingerprint density at radius 2 is 0.671 bits per heavy atom. The van der Waals surface area contributed by atoms with Crippen LogP contribution in [0, 0.1) is 0 Å². The molecule has 0 aliphatic heterocycles. The maximum Gasteiger partial charge on any atom is 0.472 e. The molecule has 454 valence electrons. The average molecular weight is 1160 g/mol. The van der Waals surface area contributed by atoms with Crippen LogP contribution in [0.2, 0.25) is 0 Å². The second-order valence-corrected chi connectivity index (χ2v) is 22.3. The van der Waals surface area contributed by atoms with Crippen molar-refractivity contribution in [2.75, 3.05) is 39.6 Å². The number of rotatable bonds is 55. The van der Waals surface area contributed by atoms with Gasteiger partial charge in [0.15, 0.2) is 6.10 Å². The lowest BCUT2D eigenvalue weighted by Gasteiger charge is -2.21. The van der Waals surface area contributed by atoms with Gasteiger partial charge in [0.25, 0.3) is 0 Å². The van der Waals surface area contributed by atoms with Crippen LogP contribution in [-0.4, -0.2) is 95.9 Å². The Hall–Kier alpha value is -3.53. The Labute approximate surface area is 476 Å². The summed E-state index contributed by atoms with van der Waals surface area (Å²) < 4.78 is 60.5. The SMILES string of the molecule is CC/C=C\C/C=C\C/C=C\C/C=C\CCCCCCC(=O)OCC(O)COP(=O)(O)OCC(O)COP(=O)(O)OCC(COC(=O)CCCCCCC/C=C\C/C=C\CCC)OC(=O)CCCCCCC/C=C\C/C=C\CCC. The Bertz CT molecular complexity index is 1840. The number of aliphatic hydroxyl groups excluding tert-OH is 2. The topological polar surface area (TPSA) is 231 Å². The predicted molar refractivity (Wildman–Crippen MR) is 316 cm³/mol. The number of esters is 3. The summed E-state index contributed by atoms with van der Waals surface area (Å²) in [5.41, 5.74) is 0. The monoisotopic (exact) mass is 1150 g/mol. The van der Waals surface area contributed by atoms with Crippen molar-refractivity contribution in [2.24, 2.45) is 0 Å². The first-order valence-electron chi connectivity index (χ1n) is 29.5. The first-order chi connectivity index (χ1) is 38.2. The van der Waals surface area contributed by atoms with Crippen molar-refractivity contribution in [1.82, 2.24) is 0 Å². The van der Waals surface area contributed by atoms with E-state index in [4.69, 9.17) is 32.3 Å². The molecule has 0 fully saturated rings. The minimum absolute atomic E-state index is 0.0832. The van der Waals surface area contributed by atoms with Gasteiger partial charge >= 0.3 is 33.6 Å². The number of hydrogen-bond donors (Lipinski definition) is 4. The van der Waals surface area contributed by atoms with E-state index in [2.05, 4.69) is 118 Å². The van der Waals surface area contributed by atoms with E-state index in [0.717, 1.165) is 154 Å². The second-order valence-electron chi connectivity index (χ2n) is 19.4. The maximum absolute atomic E-state index is 12.8. The van der Waals surface area contributed by atoms with Gasteiger partial charge in [-0.25, -0.2) is 9.13 Å². The van der Waals surface area contributed by atoms with Gasteiger partial charge in [0, 0.05) is 19.3 Å². The van der Waals surface area contributed by atoms with Crippen molar-refractivity contribution in [3.63, 3.8) is 0 Å². The Morgan fingerprint density at radius 1 is 0.367 bits per heavy atom. The van der Waals surface area contributed by atoms with Gasteiger partial charge in [-0.3, -0.25) is 32.5 Å². The smallest absolute Gasteiger partial charge is 0.463 e. The molecule has 5 unspecified atom stereocenters. The van der Waals surface area contributed by atoms with Crippen LogP contribution in [0.4, 0.5) is 0 Å². The van der Waals surface area contributed by atoms with E-state index in [1.165, 1.54) is 0 Å². The minimum atomic E-state index is -4.92. The number of carbonyl (C=O) groups excluding carboxylic acids is 3. The van der Waals surface area contributed by atoms with Gasteiger partial charge in [0.1, 0.15) is 25.4 Å². The molecular weight excluding hydrogens is 1050 g/mol. The number of ether oxygens (including phenoxy) is 3.